The van der Waals surface area contributed by atoms with E-state index in [1.165, 1.54) is 29.2 Å². The number of amides is 2. The second-order valence-corrected chi connectivity index (χ2v) is 4.70. The molecule has 0 saturated carbocycles. The van der Waals surface area contributed by atoms with E-state index < -0.39 is 5.91 Å². The van der Waals surface area contributed by atoms with Crippen LogP contribution in [0.25, 0.3) is 0 Å². The molecule has 1 aromatic carbocycles. The van der Waals surface area contributed by atoms with Gasteiger partial charge in [-0.2, -0.15) is 0 Å². The maximum absolute atomic E-state index is 12.9. The number of benzene rings is 1. The molecule has 0 aromatic heterocycles. The van der Waals surface area contributed by atoms with Crippen LogP contribution < -0.4 is 10.6 Å². The van der Waals surface area contributed by atoms with E-state index in [9.17, 15) is 14.0 Å². The minimum Gasteiger partial charge on any atom is -0.370 e. The summed E-state index contributed by atoms with van der Waals surface area (Å²) in [5, 5.41) is 0. The lowest BCUT2D eigenvalue weighted by molar-refractivity contribution is -0.119. The summed E-state index contributed by atoms with van der Waals surface area (Å²) in [6, 6.07) is 5.67. The Kier molecular flexibility index (Phi) is 6.70. The zero-order valence-electron chi connectivity index (χ0n) is 11.8. The van der Waals surface area contributed by atoms with Crippen molar-refractivity contribution in [3.05, 3.63) is 30.1 Å². The number of rotatable bonds is 8. The van der Waals surface area contributed by atoms with Crippen LogP contribution in [0, 0.1) is 5.82 Å². The lowest BCUT2D eigenvalue weighted by Gasteiger charge is -2.22. The largest absolute Gasteiger partial charge is 0.370 e. The van der Waals surface area contributed by atoms with Crippen molar-refractivity contribution >= 4 is 17.5 Å². The van der Waals surface area contributed by atoms with Gasteiger partial charge in [0.15, 0.2) is 0 Å². The molecule has 0 saturated heterocycles. The summed E-state index contributed by atoms with van der Waals surface area (Å²) >= 11 is 0. The molecule has 4 nitrogen and oxygen atoms in total. The fourth-order valence-corrected chi connectivity index (χ4v) is 1.90. The SMILES string of the molecule is CCCCCC(=O)N(CCC(N)=O)c1ccc(F)cc1. The Morgan fingerprint density at radius 1 is 1.15 bits per heavy atom. The molecule has 0 atom stereocenters. The third-order valence-electron chi connectivity index (χ3n) is 3.02. The first kappa shape index (κ1) is 16.1. The van der Waals surface area contributed by atoms with Crippen molar-refractivity contribution in [2.45, 2.75) is 39.0 Å². The van der Waals surface area contributed by atoms with Gasteiger partial charge in [-0.15, -0.1) is 0 Å². The summed E-state index contributed by atoms with van der Waals surface area (Å²) in [4.78, 5) is 24.6. The van der Waals surface area contributed by atoms with E-state index >= 15 is 0 Å². The molecule has 5 heteroatoms. The molecule has 1 aromatic rings. The van der Waals surface area contributed by atoms with Gasteiger partial charge in [-0.1, -0.05) is 19.8 Å². The molecular weight excluding hydrogens is 259 g/mol. The highest BCUT2D eigenvalue weighted by molar-refractivity contribution is 5.93. The summed E-state index contributed by atoms with van der Waals surface area (Å²) < 4.78 is 12.9. The molecule has 0 heterocycles. The third kappa shape index (κ3) is 5.38. The number of halogens is 1. The molecule has 0 aliphatic rings. The van der Waals surface area contributed by atoms with Crippen LogP contribution in [-0.4, -0.2) is 18.4 Å². The minimum absolute atomic E-state index is 0.0636. The lowest BCUT2D eigenvalue weighted by Crippen LogP contribution is -2.33. The van der Waals surface area contributed by atoms with Crippen LogP contribution in [0.2, 0.25) is 0 Å². The van der Waals surface area contributed by atoms with E-state index in [2.05, 4.69) is 6.92 Å². The van der Waals surface area contributed by atoms with E-state index in [1.54, 1.807) is 0 Å². The van der Waals surface area contributed by atoms with Gasteiger partial charge in [0.2, 0.25) is 11.8 Å². The predicted octanol–water partition coefficient (Wildman–Crippen LogP) is 2.61. The Bertz CT molecular complexity index is 446. The molecule has 110 valence electrons. The molecular formula is C15H21FN2O2. The van der Waals surface area contributed by atoms with Gasteiger partial charge < -0.3 is 10.6 Å². The monoisotopic (exact) mass is 280 g/mol. The van der Waals surface area contributed by atoms with Gasteiger partial charge in [0.1, 0.15) is 5.82 Å². The maximum Gasteiger partial charge on any atom is 0.226 e. The minimum atomic E-state index is -0.460. The summed E-state index contributed by atoms with van der Waals surface area (Å²) in [6.07, 6.45) is 3.34. The second kappa shape index (κ2) is 8.30. The molecule has 0 radical (unpaired) electrons. The number of anilines is 1. The maximum atomic E-state index is 12.9. The average Bonchev–Trinajstić information content (AvgIpc) is 2.41. The van der Waals surface area contributed by atoms with Gasteiger partial charge in [0, 0.05) is 25.1 Å². The van der Waals surface area contributed by atoms with Gasteiger partial charge in [-0.25, -0.2) is 4.39 Å². The molecule has 0 bridgehead atoms. The molecule has 20 heavy (non-hydrogen) atoms. The fraction of sp³-hybridized carbons (Fsp3) is 0.467. The zero-order chi connectivity index (χ0) is 15.0. The number of unbranched alkanes of at least 4 members (excludes halogenated alkanes) is 2. The van der Waals surface area contributed by atoms with Crippen LogP contribution in [0.1, 0.15) is 39.0 Å². The van der Waals surface area contributed by atoms with Gasteiger partial charge in [0.05, 0.1) is 0 Å². The predicted molar refractivity (Wildman–Crippen MR) is 76.7 cm³/mol. The number of nitrogens with two attached hydrogens (primary N) is 1. The Balaban J connectivity index is 2.75. The number of primary amides is 1. The van der Waals surface area contributed by atoms with Crippen LogP contribution in [0.3, 0.4) is 0 Å². The van der Waals surface area contributed by atoms with Gasteiger partial charge in [-0.05, 0) is 30.7 Å². The summed E-state index contributed by atoms with van der Waals surface area (Å²) in [7, 11) is 0. The quantitative estimate of drug-likeness (QED) is 0.744. The summed E-state index contributed by atoms with van der Waals surface area (Å²) in [5.41, 5.74) is 5.72. The van der Waals surface area contributed by atoms with E-state index in [0.29, 0.717) is 12.1 Å². The Labute approximate surface area is 118 Å². The number of carbonyl (C=O) groups is 2. The van der Waals surface area contributed by atoms with Crippen LogP contribution in [0.4, 0.5) is 10.1 Å². The molecule has 0 unspecified atom stereocenters. The Morgan fingerprint density at radius 3 is 2.35 bits per heavy atom. The van der Waals surface area contributed by atoms with Crippen LogP contribution in [0.5, 0.6) is 0 Å². The molecule has 0 aliphatic carbocycles. The zero-order valence-corrected chi connectivity index (χ0v) is 11.8. The molecule has 0 aliphatic heterocycles. The normalized spacial score (nSPS) is 10.3. The van der Waals surface area contributed by atoms with Crippen molar-refractivity contribution in [2.24, 2.45) is 5.73 Å². The summed E-state index contributed by atoms with van der Waals surface area (Å²) in [5.74, 6) is -0.883. The van der Waals surface area contributed by atoms with E-state index in [4.69, 9.17) is 5.73 Å². The van der Waals surface area contributed by atoms with Crippen molar-refractivity contribution in [1.82, 2.24) is 0 Å². The third-order valence-corrected chi connectivity index (χ3v) is 3.02. The van der Waals surface area contributed by atoms with Crippen molar-refractivity contribution in [2.75, 3.05) is 11.4 Å². The number of nitrogens with zero attached hydrogens (tertiary/aromatic N) is 1. The van der Waals surface area contributed by atoms with Gasteiger partial charge in [-0.3, -0.25) is 9.59 Å². The van der Waals surface area contributed by atoms with Crippen molar-refractivity contribution in [3.63, 3.8) is 0 Å². The van der Waals surface area contributed by atoms with Crippen LogP contribution in [0.15, 0.2) is 24.3 Å². The highest BCUT2D eigenvalue weighted by Crippen LogP contribution is 2.17. The lowest BCUT2D eigenvalue weighted by atomic mass is 10.1. The smallest absolute Gasteiger partial charge is 0.226 e. The van der Waals surface area contributed by atoms with E-state index in [0.717, 1.165) is 19.3 Å². The molecule has 0 fully saturated rings. The average molecular weight is 280 g/mol. The Hall–Kier alpha value is -1.91. The summed E-state index contributed by atoms with van der Waals surface area (Å²) in [6.45, 7) is 2.29. The van der Waals surface area contributed by atoms with Gasteiger partial charge >= 0.3 is 0 Å². The standard InChI is InChI=1S/C15H21FN2O2/c1-2-3-4-5-15(20)18(11-10-14(17)19)13-8-6-12(16)7-9-13/h6-9H,2-5,10-11H2,1H3,(H2,17,19). The highest BCUT2D eigenvalue weighted by atomic mass is 19.1. The number of hydrogen-bond acceptors (Lipinski definition) is 2. The van der Waals surface area contributed by atoms with Crippen LogP contribution >= 0.6 is 0 Å². The van der Waals surface area contributed by atoms with Crippen LogP contribution in [-0.2, 0) is 9.59 Å². The molecule has 1 rings (SSSR count). The first-order chi connectivity index (χ1) is 9.54. The Morgan fingerprint density at radius 2 is 1.80 bits per heavy atom. The number of carbonyl (C=O) groups excluding carboxylic acids is 2. The first-order valence-corrected chi connectivity index (χ1v) is 6.88. The fourth-order valence-electron chi connectivity index (χ4n) is 1.90. The number of hydrogen-bond donors (Lipinski definition) is 1. The molecule has 0 spiro atoms. The van der Waals surface area contributed by atoms with Crippen molar-refractivity contribution in [3.8, 4) is 0 Å². The topological polar surface area (TPSA) is 63.4 Å². The molecule has 2 amide bonds. The van der Waals surface area contributed by atoms with Crippen molar-refractivity contribution < 1.29 is 14.0 Å². The second-order valence-electron chi connectivity index (χ2n) is 4.70. The van der Waals surface area contributed by atoms with Gasteiger partial charge in [0.25, 0.3) is 0 Å². The molecule has 2 N–H and O–H groups in total. The van der Waals surface area contributed by atoms with E-state index in [-0.39, 0.29) is 24.7 Å². The first-order valence-electron chi connectivity index (χ1n) is 6.88. The van der Waals surface area contributed by atoms with E-state index in [1.807, 2.05) is 0 Å². The van der Waals surface area contributed by atoms with Crippen molar-refractivity contribution in [1.29, 1.82) is 0 Å². The highest BCUT2D eigenvalue weighted by Gasteiger charge is 2.16.